The number of imidazole rings is 1. The lowest BCUT2D eigenvalue weighted by atomic mass is 10.2. The number of aryl methyl sites for hydroxylation is 1. The number of para-hydroxylation sites is 2. The Hall–Kier alpha value is -2.97. The molecule has 4 rings (SSSR count). The molecule has 0 atom stereocenters. The van der Waals surface area contributed by atoms with Crippen molar-refractivity contribution in [2.24, 2.45) is 0 Å². The number of sulfonamides is 1. The molecule has 1 aliphatic rings. The molecule has 0 radical (unpaired) electrons. The van der Waals surface area contributed by atoms with E-state index in [1.807, 2.05) is 31.2 Å². The molecule has 0 unspecified atom stereocenters. The van der Waals surface area contributed by atoms with Crippen molar-refractivity contribution in [1.82, 2.24) is 13.9 Å². The first-order valence-corrected chi connectivity index (χ1v) is 10.4. The maximum atomic E-state index is 13.0. The van der Waals surface area contributed by atoms with Crippen molar-refractivity contribution in [2.75, 3.05) is 11.9 Å². The van der Waals surface area contributed by atoms with Crippen LogP contribution in [0.3, 0.4) is 0 Å². The van der Waals surface area contributed by atoms with E-state index in [9.17, 15) is 13.2 Å². The van der Waals surface area contributed by atoms with Gasteiger partial charge in [0.2, 0.25) is 10.0 Å². The number of hydrogen-bond acceptors (Lipinski definition) is 4. The second-order valence-electron chi connectivity index (χ2n) is 6.58. The Balaban J connectivity index is 1.82. The Morgan fingerprint density at radius 3 is 2.61 bits per heavy atom. The molecule has 0 aliphatic carbocycles. The molecule has 144 valence electrons. The quantitative estimate of drug-likeness (QED) is 0.738. The summed E-state index contributed by atoms with van der Waals surface area (Å²) >= 11 is 0. The average Bonchev–Trinajstić information content (AvgIpc) is 3.07. The number of carbonyl (C=O) groups excluding carboxylic acids is 1. The summed E-state index contributed by atoms with van der Waals surface area (Å²) in [6.45, 7) is 4.05. The van der Waals surface area contributed by atoms with E-state index in [0.717, 1.165) is 5.56 Å². The Morgan fingerprint density at radius 1 is 1.14 bits per heavy atom. The zero-order valence-corrected chi connectivity index (χ0v) is 16.4. The highest BCUT2D eigenvalue weighted by atomic mass is 32.2. The third kappa shape index (κ3) is 2.90. The van der Waals surface area contributed by atoms with E-state index in [2.05, 4.69) is 10.3 Å². The maximum absolute atomic E-state index is 13.0. The molecular formula is C20H20N4O3S. The van der Waals surface area contributed by atoms with E-state index < -0.39 is 10.0 Å². The van der Waals surface area contributed by atoms with E-state index in [4.69, 9.17) is 0 Å². The second-order valence-corrected chi connectivity index (χ2v) is 8.48. The third-order valence-corrected chi connectivity index (χ3v) is 6.86. The average molecular weight is 396 g/mol. The number of fused-ring (bicyclic) bond motifs is 3. The van der Waals surface area contributed by atoms with Crippen LogP contribution in [0.4, 0.5) is 5.69 Å². The maximum Gasteiger partial charge on any atom is 0.276 e. The summed E-state index contributed by atoms with van der Waals surface area (Å²) in [4.78, 5) is 17.4. The van der Waals surface area contributed by atoms with Gasteiger partial charge in [-0.1, -0.05) is 37.3 Å². The fourth-order valence-corrected chi connectivity index (χ4v) is 4.96. The number of benzene rings is 2. The molecule has 28 heavy (non-hydrogen) atoms. The molecule has 7 nitrogen and oxygen atoms in total. The monoisotopic (exact) mass is 396 g/mol. The number of nitrogens with one attached hydrogen (secondary N) is 1. The summed E-state index contributed by atoms with van der Waals surface area (Å²) < 4.78 is 29.1. The zero-order valence-electron chi connectivity index (χ0n) is 15.6. The molecule has 2 heterocycles. The molecular weight excluding hydrogens is 376 g/mol. The van der Waals surface area contributed by atoms with Crippen LogP contribution in [-0.2, 0) is 16.6 Å². The fourth-order valence-electron chi connectivity index (χ4n) is 3.36. The molecule has 2 aromatic carbocycles. The second kappa shape index (κ2) is 6.88. The molecule has 1 aliphatic heterocycles. The Kier molecular flexibility index (Phi) is 4.52. The summed E-state index contributed by atoms with van der Waals surface area (Å²) in [6.07, 6.45) is 1.51. The minimum Gasteiger partial charge on any atom is -0.320 e. The van der Waals surface area contributed by atoms with Crippen molar-refractivity contribution >= 4 is 21.6 Å². The first-order valence-electron chi connectivity index (χ1n) is 8.96. The lowest BCUT2D eigenvalue weighted by Crippen LogP contribution is -2.30. The predicted octanol–water partition coefficient (Wildman–Crippen LogP) is 2.96. The number of anilines is 1. The van der Waals surface area contributed by atoms with Gasteiger partial charge in [0.1, 0.15) is 11.2 Å². The number of rotatable bonds is 3. The summed E-state index contributed by atoms with van der Waals surface area (Å²) in [6, 6.07) is 14.2. The summed E-state index contributed by atoms with van der Waals surface area (Å²) in [5.74, 6) is -0.365. The van der Waals surface area contributed by atoms with Crippen molar-refractivity contribution in [1.29, 1.82) is 0 Å². The zero-order chi connectivity index (χ0) is 19.9. The van der Waals surface area contributed by atoms with Gasteiger partial charge in [0.05, 0.1) is 17.9 Å². The van der Waals surface area contributed by atoms with Crippen LogP contribution >= 0.6 is 0 Å². The third-order valence-electron chi connectivity index (χ3n) is 4.90. The molecule has 1 amide bonds. The number of nitrogens with zero attached hydrogens (tertiary/aromatic N) is 3. The Morgan fingerprint density at radius 2 is 1.86 bits per heavy atom. The van der Waals surface area contributed by atoms with Crippen molar-refractivity contribution in [3.63, 3.8) is 0 Å². The molecule has 8 heteroatoms. The molecule has 0 saturated carbocycles. The standard InChI is InChI=1S/C20H20N4O3S/c1-3-23-12-17-19(20(25)22-15-9-5-4-8-14(15)2)21-13-24(17)16-10-6-7-11-18(16)28(23,26)27/h4-11,13H,3,12H2,1-2H3,(H,22,25). The lowest BCUT2D eigenvalue weighted by Gasteiger charge is -2.18. The number of hydrogen-bond donors (Lipinski definition) is 1. The first kappa shape index (κ1) is 18.4. The largest absolute Gasteiger partial charge is 0.320 e. The van der Waals surface area contributed by atoms with Crippen LogP contribution in [0, 0.1) is 6.92 Å². The minimum atomic E-state index is -3.66. The summed E-state index contributed by atoms with van der Waals surface area (Å²) in [5.41, 5.74) is 2.89. The number of amides is 1. The van der Waals surface area contributed by atoms with Crippen molar-refractivity contribution in [2.45, 2.75) is 25.3 Å². The normalized spacial score (nSPS) is 15.4. The summed E-state index contributed by atoms with van der Waals surface area (Å²) in [7, 11) is -3.66. The van der Waals surface area contributed by atoms with Crippen molar-refractivity contribution < 1.29 is 13.2 Å². The van der Waals surface area contributed by atoms with Gasteiger partial charge < -0.3 is 5.32 Å². The van der Waals surface area contributed by atoms with Crippen LogP contribution in [-0.4, -0.2) is 34.7 Å². The lowest BCUT2D eigenvalue weighted by molar-refractivity contribution is 0.102. The van der Waals surface area contributed by atoms with Crippen LogP contribution in [0.1, 0.15) is 28.7 Å². The Bertz CT molecular complexity index is 1170. The SMILES string of the molecule is CCN1Cc2c(C(=O)Nc3ccccc3C)ncn2-c2ccccc2S1(=O)=O. The highest BCUT2D eigenvalue weighted by Crippen LogP contribution is 2.31. The van der Waals surface area contributed by atoms with E-state index >= 15 is 0 Å². The highest BCUT2D eigenvalue weighted by molar-refractivity contribution is 7.89. The van der Waals surface area contributed by atoms with Gasteiger partial charge in [0.15, 0.2) is 5.69 Å². The van der Waals surface area contributed by atoms with Gasteiger partial charge in [-0.05, 0) is 30.7 Å². The van der Waals surface area contributed by atoms with Gasteiger partial charge in [-0.2, -0.15) is 4.31 Å². The highest BCUT2D eigenvalue weighted by Gasteiger charge is 2.33. The van der Waals surface area contributed by atoms with Gasteiger partial charge in [0.25, 0.3) is 5.91 Å². The van der Waals surface area contributed by atoms with Crippen molar-refractivity contribution in [3.8, 4) is 5.69 Å². The molecule has 3 aromatic rings. The van der Waals surface area contributed by atoms with Crippen LogP contribution in [0.15, 0.2) is 59.8 Å². The van der Waals surface area contributed by atoms with Gasteiger partial charge in [-0.3, -0.25) is 9.36 Å². The molecule has 1 N–H and O–H groups in total. The van der Waals surface area contributed by atoms with Gasteiger partial charge >= 0.3 is 0 Å². The van der Waals surface area contributed by atoms with Crippen LogP contribution in [0.2, 0.25) is 0 Å². The van der Waals surface area contributed by atoms with Crippen molar-refractivity contribution in [3.05, 3.63) is 71.8 Å². The van der Waals surface area contributed by atoms with Crippen LogP contribution in [0.25, 0.3) is 5.69 Å². The molecule has 0 fully saturated rings. The van der Waals surface area contributed by atoms with Crippen LogP contribution in [0.5, 0.6) is 0 Å². The smallest absolute Gasteiger partial charge is 0.276 e. The fraction of sp³-hybridized carbons (Fsp3) is 0.200. The number of aromatic nitrogens is 2. The van der Waals surface area contributed by atoms with Gasteiger partial charge in [-0.15, -0.1) is 0 Å². The first-order chi connectivity index (χ1) is 13.4. The molecule has 0 bridgehead atoms. The minimum absolute atomic E-state index is 0.0735. The van der Waals surface area contributed by atoms with Gasteiger partial charge in [0, 0.05) is 12.2 Å². The van der Waals surface area contributed by atoms with E-state index in [-0.39, 0.29) is 23.0 Å². The van der Waals surface area contributed by atoms with Crippen LogP contribution < -0.4 is 5.32 Å². The van der Waals surface area contributed by atoms with E-state index in [1.54, 1.807) is 35.8 Å². The number of carbonyl (C=O) groups is 1. The topological polar surface area (TPSA) is 84.3 Å². The van der Waals surface area contributed by atoms with Gasteiger partial charge in [-0.25, -0.2) is 13.4 Å². The van der Waals surface area contributed by atoms with E-state index in [0.29, 0.717) is 23.6 Å². The molecule has 1 aromatic heterocycles. The predicted molar refractivity (Wildman–Crippen MR) is 106 cm³/mol. The molecule has 0 spiro atoms. The Labute approximate surface area is 163 Å². The summed E-state index contributed by atoms with van der Waals surface area (Å²) in [5, 5.41) is 2.88. The molecule has 0 saturated heterocycles. The van der Waals surface area contributed by atoms with E-state index in [1.165, 1.54) is 10.6 Å².